The molecule has 0 unspecified atom stereocenters. The topological polar surface area (TPSA) is 83.6 Å². The maximum atomic E-state index is 12.5. The first-order valence-corrected chi connectivity index (χ1v) is 6.59. The Kier molecular flexibility index (Phi) is 4.71. The van der Waals surface area contributed by atoms with E-state index in [0.717, 1.165) is 0 Å². The van der Waals surface area contributed by atoms with E-state index in [0.29, 0.717) is 24.2 Å². The molecule has 1 aromatic carbocycles. The van der Waals surface area contributed by atoms with Crippen molar-refractivity contribution in [2.75, 3.05) is 11.4 Å². The molecule has 0 aliphatic rings. The van der Waals surface area contributed by atoms with E-state index in [4.69, 9.17) is 9.63 Å². The highest BCUT2D eigenvalue weighted by molar-refractivity contribution is 6.04. The van der Waals surface area contributed by atoms with Crippen molar-refractivity contribution in [1.82, 2.24) is 5.16 Å². The fraction of sp³-hybridized carbons (Fsp3) is 0.267. The largest absolute Gasteiger partial charge is 0.481 e. The smallest absolute Gasteiger partial charge is 0.303 e. The fourth-order valence-electron chi connectivity index (χ4n) is 1.96. The van der Waals surface area contributed by atoms with E-state index in [1.54, 1.807) is 19.1 Å². The summed E-state index contributed by atoms with van der Waals surface area (Å²) < 4.78 is 5.00. The number of carbonyl (C=O) groups is 2. The number of para-hydroxylation sites is 1. The lowest BCUT2D eigenvalue weighted by Crippen LogP contribution is -2.32. The van der Waals surface area contributed by atoms with Gasteiger partial charge in [-0.25, -0.2) is 0 Å². The van der Waals surface area contributed by atoms with Gasteiger partial charge in [-0.15, -0.1) is 0 Å². The highest BCUT2D eigenvalue weighted by Crippen LogP contribution is 2.19. The molecule has 0 atom stereocenters. The van der Waals surface area contributed by atoms with E-state index in [9.17, 15) is 9.59 Å². The third-order valence-electron chi connectivity index (χ3n) is 3.03. The Morgan fingerprint density at radius 3 is 2.57 bits per heavy atom. The zero-order valence-electron chi connectivity index (χ0n) is 11.7. The van der Waals surface area contributed by atoms with Gasteiger partial charge in [0.15, 0.2) is 0 Å². The predicted octanol–water partition coefficient (Wildman–Crippen LogP) is 2.49. The molecule has 6 nitrogen and oxygen atoms in total. The van der Waals surface area contributed by atoms with Crippen LogP contribution >= 0.6 is 0 Å². The van der Waals surface area contributed by atoms with Gasteiger partial charge in [-0.2, -0.15) is 0 Å². The summed E-state index contributed by atoms with van der Waals surface area (Å²) in [6, 6.07) is 9.08. The Labute approximate surface area is 122 Å². The number of carbonyl (C=O) groups excluding carboxylic acids is 1. The van der Waals surface area contributed by atoms with Crippen LogP contribution in [-0.2, 0) is 4.79 Å². The fourth-order valence-corrected chi connectivity index (χ4v) is 1.96. The van der Waals surface area contributed by atoms with Crippen molar-refractivity contribution < 1.29 is 19.2 Å². The van der Waals surface area contributed by atoms with E-state index < -0.39 is 5.97 Å². The van der Waals surface area contributed by atoms with Crippen molar-refractivity contribution in [3.05, 3.63) is 47.9 Å². The molecule has 6 heteroatoms. The quantitative estimate of drug-likeness (QED) is 0.882. The number of carboxylic acids is 1. The number of anilines is 1. The summed E-state index contributed by atoms with van der Waals surface area (Å²) >= 11 is 0. The molecule has 0 bridgehead atoms. The number of aliphatic carboxylic acids is 1. The van der Waals surface area contributed by atoms with Crippen LogP contribution in [0.2, 0.25) is 0 Å². The molecule has 0 fully saturated rings. The molecule has 0 spiro atoms. The van der Waals surface area contributed by atoms with Gasteiger partial charge in [0.1, 0.15) is 0 Å². The minimum atomic E-state index is -0.883. The van der Waals surface area contributed by atoms with Crippen molar-refractivity contribution in [1.29, 1.82) is 0 Å². The average Bonchev–Trinajstić information content (AvgIpc) is 2.90. The summed E-state index contributed by atoms with van der Waals surface area (Å²) in [5.41, 5.74) is 1.35. The summed E-state index contributed by atoms with van der Waals surface area (Å²) in [6.07, 6.45) is 1.85. The molecule has 110 valence electrons. The second kappa shape index (κ2) is 6.69. The Balaban J connectivity index is 2.21. The molecular weight excluding hydrogens is 272 g/mol. The SMILES string of the molecule is Cc1cnoc1C(=O)N(CCCC(=O)O)c1ccccc1. The standard InChI is InChI=1S/C15H16N2O4/c1-11-10-16-21-14(11)15(20)17(9-5-8-13(18)19)12-6-3-2-4-7-12/h2-4,6-7,10H,5,8-9H2,1H3,(H,18,19). The summed E-state index contributed by atoms with van der Waals surface area (Å²) in [5, 5.41) is 12.3. The third kappa shape index (κ3) is 3.68. The Morgan fingerprint density at radius 2 is 2.00 bits per heavy atom. The minimum Gasteiger partial charge on any atom is -0.481 e. The van der Waals surface area contributed by atoms with Gasteiger partial charge in [0.05, 0.1) is 6.20 Å². The van der Waals surface area contributed by atoms with Crippen LogP contribution in [0.25, 0.3) is 0 Å². The molecule has 1 N–H and O–H groups in total. The van der Waals surface area contributed by atoms with Crippen LogP contribution in [0.4, 0.5) is 5.69 Å². The number of amides is 1. The molecule has 1 amide bonds. The zero-order chi connectivity index (χ0) is 15.2. The molecule has 0 aliphatic heterocycles. The lowest BCUT2D eigenvalue weighted by Gasteiger charge is -2.21. The maximum Gasteiger partial charge on any atom is 0.303 e. The first-order chi connectivity index (χ1) is 10.1. The van der Waals surface area contributed by atoms with Crippen LogP contribution in [0.5, 0.6) is 0 Å². The number of nitrogens with zero attached hydrogens (tertiary/aromatic N) is 2. The lowest BCUT2D eigenvalue weighted by molar-refractivity contribution is -0.137. The van der Waals surface area contributed by atoms with Crippen LogP contribution in [-0.4, -0.2) is 28.7 Å². The number of carboxylic acid groups (broad SMARTS) is 1. The number of hydrogen-bond acceptors (Lipinski definition) is 4. The molecule has 1 aromatic heterocycles. The number of aryl methyl sites for hydroxylation is 1. The van der Waals surface area contributed by atoms with E-state index in [-0.39, 0.29) is 18.1 Å². The van der Waals surface area contributed by atoms with Crippen molar-refractivity contribution >= 4 is 17.6 Å². The normalized spacial score (nSPS) is 10.3. The third-order valence-corrected chi connectivity index (χ3v) is 3.03. The molecule has 2 rings (SSSR count). The molecule has 0 saturated carbocycles. The maximum absolute atomic E-state index is 12.5. The Morgan fingerprint density at radius 1 is 1.29 bits per heavy atom. The molecule has 21 heavy (non-hydrogen) atoms. The predicted molar refractivity (Wildman–Crippen MR) is 76.2 cm³/mol. The van der Waals surface area contributed by atoms with E-state index in [2.05, 4.69) is 5.16 Å². The average molecular weight is 288 g/mol. The van der Waals surface area contributed by atoms with Crippen LogP contribution in [0.15, 0.2) is 41.1 Å². The van der Waals surface area contributed by atoms with Gasteiger partial charge >= 0.3 is 5.97 Å². The summed E-state index contributed by atoms with van der Waals surface area (Å²) in [5.74, 6) is -1.03. The second-order valence-electron chi connectivity index (χ2n) is 4.63. The van der Waals surface area contributed by atoms with Gasteiger partial charge in [-0.3, -0.25) is 9.59 Å². The highest BCUT2D eigenvalue weighted by atomic mass is 16.5. The van der Waals surface area contributed by atoms with Crippen molar-refractivity contribution in [3.63, 3.8) is 0 Å². The van der Waals surface area contributed by atoms with E-state index >= 15 is 0 Å². The number of hydrogen-bond donors (Lipinski definition) is 1. The summed E-state index contributed by atoms with van der Waals surface area (Å²) in [4.78, 5) is 24.7. The second-order valence-corrected chi connectivity index (χ2v) is 4.63. The van der Waals surface area contributed by atoms with Crippen molar-refractivity contribution in [2.45, 2.75) is 19.8 Å². The van der Waals surface area contributed by atoms with Crippen LogP contribution in [0, 0.1) is 6.92 Å². The first kappa shape index (κ1) is 14.8. The van der Waals surface area contributed by atoms with Crippen LogP contribution in [0.3, 0.4) is 0 Å². The number of aromatic nitrogens is 1. The van der Waals surface area contributed by atoms with Gasteiger partial charge in [-0.05, 0) is 25.5 Å². The Bertz CT molecular complexity index is 622. The molecule has 2 aromatic rings. The monoisotopic (exact) mass is 288 g/mol. The molecule has 0 saturated heterocycles. The van der Waals surface area contributed by atoms with Gasteiger partial charge in [0.25, 0.3) is 5.91 Å². The number of benzene rings is 1. The highest BCUT2D eigenvalue weighted by Gasteiger charge is 2.23. The summed E-state index contributed by atoms with van der Waals surface area (Å²) in [6.45, 7) is 2.04. The molecule has 0 radical (unpaired) electrons. The van der Waals surface area contributed by atoms with Gasteiger partial charge < -0.3 is 14.5 Å². The first-order valence-electron chi connectivity index (χ1n) is 6.59. The Hall–Kier alpha value is -2.63. The van der Waals surface area contributed by atoms with Gasteiger partial charge in [-0.1, -0.05) is 23.4 Å². The van der Waals surface area contributed by atoms with Crippen LogP contribution < -0.4 is 4.90 Å². The van der Waals surface area contributed by atoms with Gasteiger partial charge in [0.2, 0.25) is 5.76 Å². The zero-order valence-corrected chi connectivity index (χ0v) is 11.7. The minimum absolute atomic E-state index is 0.00595. The molecule has 1 heterocycles. The van der Waals surface area contributed by atoms with Crippen molar-refractivity contribution in [2.24, 2.45) is 0 Å². The number of rotatable bonds is 6. The van der Waals surface area contributed by atoms with E-state index in [1.165, 1.54) is 11.1 Å². The lowest BCUT2D eigenvalue weighted by atomic mass is 10.2. The van der Waals surface area contributed by atoms with E-state index in [1.807, 2.05) is 18.2 Å². The summed E-state index contributed by atoms with van der Waals surface area (Å²) in [7, 11) is 0. The molecular formula is C15H16N2O4. The molecule has 0 aliphatic carbocycles. The van der Waals surface area contributed by atoms with Crippen LogP contribution in [0.1, 0.15) is 29.0 Å². The van der Waals surface area contributed by atoms with Crippen molar-refractivity contribution in [3.8, 4) is 0 Å². The van der Waals surface area contributed by atoms with Gasteiger partial charge in [0, 0.05) is 24.2 Å².